The second-order valence-corrected chi connectivity index (χ2v) is 11.0. The normalized spacial score (nSPS) is 13.2. The van der Waals surface area contributed by atoms with Crippen LogP contribution in [0.1, 0.15) is 0 Å². The molecule has 124 valence electrons. The summed E-state index contributed by atoms with van der Waals surface area (Å²) < 4.78 is 1.10. The molecule has 0 fully saturated rings. The predicted molar refractivity (Wildman–Crippen MR) is 117 cm³/mol. The zero-order valence-electron chi connectivity index (χ0n) is 14.3. The minimum atomic E-state index is -2.36. The maximum absolute atomic E-state index is 3.59. The zero-order valence-corrected chi connectivity index (χ0v) is 16.9. The topological polar surface area (TPSA) is 0 Å². The molecule has 0 spiro atoms. The molecule has 0 saturated heterocycles. The van der Waals surface area contributed by atoms with Crippen molar-refractivity contribution in [3.63, 3.8) is 0 Å². The van der Waals surface area contributed by atoms with E-state index in [4.69, 9.17) is 0 Å². The van der Waals surface area contributed by atoms with Crippen molar-refractivity contribution >= 4 is 39.6 Å². The van der Waals surface area contributed by atoms with E-state index >= 15 is 0 Å². The van der Waals surface area contributed by atoms with E-state index in [9.17, 15) is 0 Å². The lowest BCUT2D eigenvalue weighted by molar-refractivity contribution is 1.61. The smallest absolute Gasteiger partial charge is 0.0623 e. The standard InChI is InChI=1S/C24H18BrSi/c25-20-16-18-24(19-17-20)26(21-10-4-1-5-11-21,22-12-6-2-7-13-22)23-14-8-3-9-15-23/h1-2,4-19H/q+1. The summed E-state index contributed by atoms with van der Waals surface area (Å²) in [6.07, 6.45) is 11.7. The monoisotopic (exact) mass is 413 g/mol. The average molecular weight is 414 g/mol. The third-order valence-electron chi connectivity index (χ3n) is 4.84. The Labute approximate surface area is 164 Å². The Morgan fingerprint density at radius 2 is 1.19 bits per heavy atom. The van der Waals surface area contributed by atoms with Gasteiger partial charge in [0.2, 0.25) is 8.07 Å². The molecule has 0 heterocycles. The molecule has 1 aliphatic rings. The predicted octanol–water partition coefficient (Wildman–Crippen LogP) is 4.31. The highest BCUT2D eigenvalue weighted by Gasteiger charge is 2.45. The van der Waals surface area contributed by atoms with Crippen molar-refractivity contribution in [2.45, 2.75) is 0 Å². The lowest BCUT2D eigenvalue weighted by Gasteiger charge is -2.32. The number of rotatable bonds is 4. The van der Waals surface area contributed by atoms with Gasteiger partial charge in [0.15, 0.2) is 0 Å². The van der Waals surface area contributed by atoms with E-state index in [0.717, 1.165) is 4.47 Å². The first-order valence-corrected chi connectivity index (χ1v) is 11.4. The lowest BCUT2D eigenvalue weighted by atomic mass is 10.3. The van der Waals surface area contributed by atoms with Gasteiger partial charge in [-0.05, 0) is 27.7 Å². The molecule has 26 heavy (non-hydrogen) atoms. The van der Waals surface area contributed by atoms with Gasteiger partial charge in [-0.2, -0.15) is 0 Å². The average Bonchev–Trinajstić information content (AvgIpc) is 2.72. The molecule has 2 heteroatoms. The van der Waals surface area contributed by atoms with Crippen molar-refractivity contribution < 1.29 is 0 Å². The van der Waals surface area contributed by atoms with Crippen LogP contribution in [-0.2, 0) is 0 Å². The van der Waals surface area contributed by atoms with E-state index in [-0.39, 0.29) is 0 Å². The van der Waals surface area contributed by atoms with E-state index in [0.29, 0.717) is 0 Å². The second kappa shape index (κ2) is 7.39. The van der Waals surface area contributed by atoms with Gasteiger partial charge in [-0.3, -0.25) is 0 Å². The molecule has 0 N–H and O–H groups in total. The van der Waals surface area contributed by atoms with Gasteiger partial charge in [0.1, 0.15) is 12.2 Å². The fourth-order valence-corrected chi connectivity index (χ4v) is 8.70. The number of halogens is 1. The summed E-state index contributed by atoms with van der Waals surface area (Å²) in [6.45, 7) is 0. The van der Waals surface area contributed by atoms with E-state index in [1.165, 1.54) is 20.8 Å². The summed E-state index contributed by atoms with van der Waals surface area (Å²) in [4.78, 5) is 0. The Morgan fingerprint density at radius 3 is 1.69 bits per heavy atom. The fourth-order valence-electron chi connectivity index (χ4n) is 3.71. The Kier molecular flexibility index (Phi) is 4.81. The van der Waals surface area contributed by atoms with Crippen molar-refractivity contribution in [2.24, 2.45) is 0 Å². The van der Waals surface area contributed by atoms with E-state index in [2.05, 4.69) is 119 Å². The molecule has 0 nitrogen and oxygen atoms in total. The summed E-state index contributed by atoms with van der Waals surface area (Å²) in [5.74, 6) is 0. The zero-order chi connectivity index (χ0) is 17.8. The van der Waals surface area contributed by atoms with Crippen LogP contribution in [0.3, 0.4) is 0 Å². The summed E-state index contributed by atoms with van der Waals surface area (Å²) in [5.41, 5.74) is 0. The van der Waals surface area contributed by atoms with Gasteiger partial charge < -0.3 is 0 Å². The van der Waals surface area contributed by atoms with E-state index < -0.39 is 8.07 Å². The van der Waals surface area contributed by atoms with Gasteiger partial charge in [0.05, 0.1) is 5.20 Å². The molecule has 4 rings (SSSR count). The van der Waals surface area contributed by atoms with Crippen molar-refractivity contribution in [3.8, 4) is 0 Å². The molecule has 0 saturated carbocycles. The third kappa shape index (κ3) is 2.93. The molecule has 3 aromatic rings. The number of allylic oxidation sites excluding steroid dienone is 6. The van der Waals surface area contributed by atoms with Crippen LogP contribution in [0.2, 0.25) is 0 Å². The van der Waals surface area contributed by atoms with Crippen molar-refractivity contribution in [1.82, 2.24) is 0 Å². The van der Waals surface area contributed by atoms with Crippen molar-refractivity contribution in [3.05, 3.63) is 125 Å². The van der Waals surface area contributed by atoms with Gasteiger partial charge in [-0.25, -0.2) is 0 Å². The van der Waals surface area contributed by atoms with Crippen molar-refractivity contribution in [2.75, 3.05) is 0 Å². The third-order valence-corrected chi connectivity index (χ3v) is 10.2. The van der Waals surface area contributed by atoms with Gasteiger partial charge in [-0.15, -0.1) is 0 Å². The fraction of sp³-hybridized carbons (Fsp3) is 0. The van der Waals surface area contributed by atoms with Gasteiger partial charge in [0, 0.05) is 22.7 Å². The highest BCUT2D eigenvalue weighted by Crippen LogP contribution is 2.21. The van der Waals surface area contributed by atoms with Crippen LogP contribution in [-0.4, -0.2) is 8.07 Å². The van der Waals surface area contributed by atoms with Gasteiger partial charge in [-0.1, -0.05) is 88.7 Å². The van der Waals surface area contributed by atoms with Gasteiger partial charge >= 0.3 is 0 Å². The van der Waals surface area contributed by atoms with E-state index in [1.807, 2.05) is 12.2 Å². The minimum Gasteiger partial charge on any atom is -0.0623 e. The van der Waals surface area contributed by atoms with Gasteiger partial charge in [0.25, 0.3) is 0 Å². The maximum Gasteiger partial charge on any atom is 0.212 e. The van der Waals surface area contributed by atoms with E-state index in [1.54, 1.807) is 0 Å². The first kappa shape index (κ1) is 16.9. The number of benzene rings is 3. The molecule has 1 aliphatic carbocycles. The molecule has 0 atom stereocenters. The minimum absolute atomic E-state index is 1.10. The van der Waals surface area contributed by atoms with Crippen LogP contribution in [0.25, 0.3) is 0 Å². The van der Waals surface area contributed by atoms with Crippen LogP contribution in [0.15, 0.2) is 119 Å². The molecule has 0 radical (unpaired) electrons. The lowest BCUT2D eigenvalue weighted by Crippen LogP contribution is -2.68. The highest BCUT2D eigenvalue weighted by atomic mass is 79.9. The molecule has 0 aliphatic heterocycles. The Bertz CT molecular complexity index is 928. The summed E-state index contributed by atoms with van der Waals surface area (Å²) >= 11 is 3.59. The largest absolute Gasteiger partial charge is 0.212 e. The summed E-state index contributed by atoms with van der Waals surface area (Å²) in [6, 6.07) is 30.7. The van der Waals surface area contributed by atoms with Crippen LogP contribution in [0.4, 0.5) is 0 Å². The molecule has 0 bridgehead atoms. The maximum atomic E-state index is 3.59. The number of hydrogen-bond acceptors (Lipinski definition) is 0. The van der Waals surface area contributed by atoms with Crippen LogP contribution in [0.5, 0.6) is 0 Å². The highest BCUT2D eigenvalue weighted by molar-refractivity contribution is 9.10. The molecular formula is C24H18BrSi+. The first-order valence-electron chi connectivity index (χ1n) is 8.65. The van der Waals surface area contributed by atoms with Crippen LogP contribution < -0.4 is 15.6 Å². The SMILES string of the molecule is Brc1ccc([Si](C2=CC=[C+]C=C2)(c2ccccc2)c2ccccc2)cc1. The summed E-state index contributed by atoms with van der Waals surface area (Å²) in [7, 11) is -2.36. The molecule has 0 aromatic heterocycles. The van der Waals surface area contributed by atoms with Crippen molar-refractivity contribution in [1.29, 1.82) is 0 Å². The molecular weight excluding hydrogens is 396 g/mol. The molecule has 3 aromatic carbocycles. The number of hydrogen-bond donors (Lipinski definition) is 0. The quantitative estimate of drug-likeness (QED) is 0.339. The Morgan fingerprint density at radius 1 is 0.654 bits per heavy atom. The molecule has 0 unspecified atom stereocenters. The second-order valence-electron chi connectivity index (χ2n) is 6.28. The Balaban J connectivity index is 2.10. The van der Waals surface area contributed by atoms with Crippen LogP contribution in [0, 0.1) is 6.08 Å². The Hall–Kier alpha value is -2.51. The molecule has 0 amide bonds. The van der Waals surface area contributed by atoms with Crippen LogP contribution >= 0.6 is 15.9 Å². The first-order chi connectivity index (χ1) is 12.8. The summed E-state index contributed by atoms with van der Waals surface area (Å²) in [5, 5.41) is 5.53.